The molecular formula is C22H39N5O15. The number of rotatable bonds is 12. The van der Waals surface area contributed by atoms with E-state index in [2.05, 4.69) is 0 Å². The standard InChI is InChI=1S/C9H11NO2.C4H7NO4.3C3H7NO3/c10-8(9(11)12)6-7-4-2-1-3-5-7;5-2(4(8)9)1-3(6)7;3*4-2(1-5)3(6)7/h1-5,8H,6,10H2,(H,11,12);2H,1,5H2,(H,6,7)(H,8,9);3*2,5H,1,4H2,(H,6,7). The topological polar surface area (TPSA) is 415 Å². The van der Waals surface area contributed by atoms with Gasteiger partial charge in [0.1, 0.15) is 30.2 Å². The molecule has 0 amide bonds. The van der Waals surface area contributed by atoms with E-state index in [1.54, 1.807) is 0 Å². The highest BCUT2D eigenvalue weighted by Crippen LogP contribution is 2.01. The summed E-state index contributed by atoms with van der Waals surface area (Å²) in [7, 11) is 0. The van der Waals surface area contributed by atoms with Crippen LogP contribution in [0.4, 0.5) is 0 Å². The van der Waals surface area contributed by atoms with E-state index in [1.165, 1.54) is 0 Å². The number of hydrogen-bond donors (Lipinski definition) is 14. The van der Waals surface area contributed by atoms with Gasteiger partial charge < -0.3 is 74.6 Å². The third-order valence-electron chi connectivity index (χ3n) is 3.87. The van der Waals surface area contributed by atoms with Gasteiger partial charge in [-0.2, -0.15) is 0 Å². The Bertz CT molecular complexity index is 888. The number of nitrogens with two attached hydrogens (primary N) is 5. The lowest BCUT2D eigenvalue weighted by Gasteiger charge is -2.04. The molecule has 0 saturated carbocycles. The summed E-state index contributed by atoms with van der Waals surface area (Å²) >= 11 is 0. The molecule has 5 atom stereocenters. The summed E-state index contributed by atoms with van der Waals surface area (Å²) in [4.78, 5) is 58.9. The van der Waals surface area contributed by atoms with E-state index < -0.39 is 92.3 Å². The van der Waals surface area contributed by atoms with Crippen LogP contribution in [-0.4, -0.2) is 132 Å². The number of carboxylic acids is 6. The van der Waals surface area contributed by atoms with Crippen LogP contribution >= 0.6 is 0 Å². The van der Waals surface area contributed by atoms with Gasteiger partial charge in [-0.3, -0.25) is 28.8 Å². The van der Waals surface area contributed by atoms with E-state index in [4.69, 9.17) is 74.6 Å². The first-order valence-electron chi connectivity index (χ1n) is 11.3. The SMILES string of the molecule is NC(CC(=O)O)C(=O)O.NC(CO)C(=O)O.NC(CO)C(=O)O.NC(CO)C(=O)O.NC(Cc1ccccc1)C(=O)O. The van der Waals surface area contributed by atoms with Gasteiger partial charge in [0.25, 0.3) is 0 Å². The summed E-state index contributed by atoms with van der Waals surface area (Å²) in [5, 5.41) is 72.2. The Hall–Kier alpha value is -4.28. The number of hydrogen-bond acceptors (Lipinski definition) is 14. The highest BCUT2D eigenvalue weighted by atomic mass is 16.4. The zero-order valence-corrected chi connectivity index (χ0v) is 22.2. The van der Waals surface area contributed by atoms with Crippen LogP contribution < -0.4 is 28.7 Å². The summed E-state index contributed by atoms with van der Waals surface area (Å²) in [6.45, 7) is -1.51. The van der Waals surface area contributed by atoms with Crippen molar-refractivity contribution in [3.05, 3.63) is 35.9 Å². The number of aliphatic hydroxyl groups is 3. The third-order valence-corrected chi connectivity index (χ3v) is 3.87. The molecule has 0 aliphatic carbocycles. The van der Waals surface area contributed by atoms with Crippen LogP contribution in [0.1, 0.15) is 12.0 Å². The van der Waals surface area contributed by atoms with Crippen LogP contribution in [0.15, 0.2) is 30.3 Å². The summed E-state index contributed by atoms with van der Waals surface area (Å²) in [6, 6.07) is 3.88. The lowest BCUT2D eigenvalue weighted by molar-refractivity contribution is -0.144. The summed E-state index contributed by atoms with van der Waals surface area (Å²) in [5.74, 6) is -6.99. The summed E-state index contributed by atoms with van der Waals surface area (Å²) < 4.78 is 0. The fourth-order valence-electron chi connectivity index (χ4n) is 1.47. The second-order valence-corrected chi connectivity index (χ2v) is 7.56. The zero-order valence-electron chi connectivity index (χ0n) is 22.2. The van der Waals surface area contributed by atoms with Gasteiger partial charge in [0.05, 0.1) is 26.2 Å². The van der Waals surface area contributed by atoms with E-state index in [0.717, 1.165) is 5.56 Å². The molecule has 20 heteroatoms. The van der Waals surface area contributed by atoms with Gasteiger partial charge >= 0.3 is 35.8 Å². The van der Waals surface area contributed by atoms with Gasteiger partial charge in [-0.05, 0) is 12.0 Å². The van der Waals surface area contributed by atoms with Crippen molar-refractivity contribution < 1.29 is 74.7 Å². The van der Waals surface area contributed by atoms with E-state index in [9.17, 15) is 28.8 Å². The van der Waals surface area contributed by atoms with Gasteiger partial charge in [-0.25, -0.2) is 0 Å². The van der Waals surface area contributed by atoms with E-state index >= 15 is 0 Å². The molecule has 0 aromatic heterocycles. The van der Waals surface area contributed by atoms with Crippen LogP contribution in [0.2, 0.25) is 0 Å². The largest absolute Gasteiger partial charge is 0.481 e. The minimum absolute atomic E-state index is 0.385. The van der Waals surface area contributed by atoms with Crippen LogP contribution in [0.25, 0.3) is 0 Å². The smallest absolute Gasteiger partial charge is 0.322 e. The molecule has 242 valence electrons. The molecule has 5 unspecified atom stereocenters. The highest BCUT2D eigenvalue weighted by molar-refractivity contribution is 5.80. The Morgan fingerprint density at radius 3 is 0.952 bits per heavy atom. The molecule has 0 radical (unpaired) electrons. The molecule has 0 bridgehead atoms. The number of carbonyl (C=O) groups is 6. The van der Waals surface area contributed by atoms with Crippen molar-refractivity contribution >= 4 is 35.8 Å². The van der Waals surface area contributed by atoms with Crippen LogP contribution in [0.3, 0.4) is 0 Å². The van der Waals surface area contributed by atoms with E-state index in [1.807, 2.05) is 30.3 Å². The molecule has 1 aromatic carbocycles. The fraction of sp³-hybridized carbons (Fsp3) is 0.455. The lowest BCUT2D eigenvalue weighted by Crippen LogP contribution is -2.33. The maximum Gasteiger partial charge on any atom is 0.322 e. The van der Waals surface area contributed by atoms with Crippen LogP contribution in [0, 0.1) is 0 Å². The van der Waals surface area contributed by atoms with Crippen molar-refractivity contribution in [3.63, 3.8) is 0 Å². The molecule has 1 aromatic rings. The van der Waals surface area contributed by atoms with Gasteiger partial charge in [-0.15, -0.1) is 0 Å². The molecule has 0 heterocycles. The van der Waals surface area contributed by atoms with Crippen molar-refractivity contribution in [2.24, 2.45) is 28.7 Å². The Kier molecular flexibility index (Phi) is 28.7. The summed E-state index contributed by atoms with van der Waals surface area (Å²) in [5.41, 5.74) is 25.4. The maximum absolute atomic E-state index is 10.4. The molecule has 0 aliphatic rings. The molecular weight excluding hydrogens is 574 g/mol. The Labute approximate surface area is 238 Å². The van der Waals surface area contributed by atoms with Gasteiger partial charge in [0, 0.05) is 0 Å². The van der Waals surface area contributed by atoms with Crippen molar-refractivity contribution in [1.82, 2.24) is 0 Å². The first-order chi connectivity index (χ1) is 19.3. The molecule has 19 N–H and O–H groups in total. The van der Waals surface area contributed by atoms with Crippen LogP contribution in [-0.2, 0) is 35.2 Å². The molecule has 42 heavy (non-hydrogen) atoms. The molecule has 0 spiro atoms. The predicted octanol–water partition coefficient (Wildman–Crippen LogP) is -5.31. The quantitative estimate of drug-likeness (QED) is 0.105. The first-order valence-corrected chi connectivity index (χ1v) is 11.3. The number of aliphatic hydroxyl groups excluding tert-OH is 3. The maximum atomic E-state index is 10.4. The Balaban J connectivity index is -0.000000220. The van der Waals surface area contributed by atoms with Crippen LogP contribution in [0.5, 0.6) is 0 Å². The van der Waals surface area contributed by atoms with Gasteiger partial charge in [0.15, 0.2) is 0 Å². The molecule has 0 fully saturated rings. The second kappa shape index (κ2) is 26.9. The Morgan fingerprint density at radius 1 is 0.500 bits per heavy atom. The fourth-order valence-corrected chi connectivity index (χ4v) is 1.47. The third kappa shape index (κ3) is 30.3. The zero-order chi connectivity index (χ0) is 34.0. The number of aliphatic carboxylic acids is 6. The van der Waals surface area contributed by atoms with E-state index in [-0.39, 0.29) is 0 Å². The average Bonchev–Trinajstić information content (AvgIpc) is 2.92. The molecule has 20 nitrogen and oxygen atoms in total. The molecule has 0 aliphatic heterocycles. The second-order valence-electron chi connectivity index (χ2n) is 7.56. The lowest BCUT2D eigenvalue weighted by atomic mass is 10.1. The summed E-state index contributed by atoms with van der Waals surface area (Å²) in [6.07, 6.45) is -0.147. The Morgan fingerprint density at radius 2 is 0.786 bits per heavy atom. The van der Waals surface area contributed by atoms with Crippen molar-refractivity contribution in [1.29, 1.82) is 0 Å². The number of carboxylic acid groups (broad SMARTS) is 6. The van der Waals surface area contributed by atoms with Gasteiger partial charge in [-0.1, -0.05) is 30.3 Å². The minimum Gasteiger partial charge on any atom is -0.481 e. The molecule has 0 saturated heterocycles. The molecule has 1 rings (SSSR count). The predicted molar refractivity (Wildman–Crippen MR) is 142 cm³/mol. The average molecular weight is 614 g/mol. The van der Waals surface area contributed by atoms with E-state index in [0.29, 0.717) is 6.42 Å². The monoisotopic (exact) mass is 613 g/mol. The van der Waals surface area contributed by atoms with Crippen molar-refractivity contribution in [2.75, 3.05) is 19.8 Å². The number of benzene rings is 1. The van der Waals surface area contributed by atoms with Crippen molar-refractivity contribution in [3.8, 4) is 0 Å². The van der Waals surface area contributed by atoms with Crippen molar-refractivity contribution in [2.45, 2.75) is 43.1 Å². The first kappa shape index (κ1) is 44.7. The normalized spacial score (nSPS) is 13.0. The minimum atomic E-state index is -1.29. The van der Waals surface area contributed by atoms with Gasteiger partial charge in [0.2, 0.25) is 0 Å². The highest BCUT2D eigenvalue weighted by Gasteiger charge is 2.14.